The van der Waals surface area contributed by atoms with Crippen molar-refractivity contribution < 1.29 is 43.1 Å². The summed E-state index contributed by atoms with van der Waals surface area (Å²) in [5, 5.41) is 38.8. The number of carbonyl (C=O) groups excluding carboxylic acids is 1. The standard InChI is InChI=1S/C14H17F3O6/c1-2-23-13(22)12(21)11(20)10(19)9(18)7-4-3-5-8(6-7)14(15,16)17/h3-6,9-12,18-21H,2H2,1H3/t9-,10+,11-,12+/m0/s1. The summed E-state index contributed by atoms with van der Waals surface area (Å²) in [4.78, 5) is 11.3. The molecule has 0 saturated carbocycles. The Morgan fingerprint density at radius 2 is 1.78 bits per heavy atom. The molecule has 0 aliphatic heterocycles. The highest BCUT2D eigenvalue weighted by molar-refractivity contribution is 5.75. The van der Waals surface area contributed by atoms with Crippen molar-refractivity contribution in [2.45, 2.75) is 37.5 Å². The summed E-state index contributed by atoms with van der Waals surface area (Å²) in [5.74, 6) is -1.23. The van der Waals surface area contributed by atoms with E-state index >= 15 is 0 Å². The summed E-state index contributed by atoms with van der Waals surface area (Å²) < 4.78 is 42.3. The molecule has 0 amide bonds. The number of halogens is 3. The lowest BCUT2D eigenvalue weighted by Gasteiger charge is -2.26. The third-order valence-electron chi connectivity index (χ3n) is 3.08. The van der Waals surface area contributed by atoms with Crippen molar-refractivity contribution in [1.29, 1.82) is 0 Å². The second-order valence-corrected chi connectivity index (χ2v) is 4.75. The number of aliphatic hydroxyl groups excluding tert-OH is 4. The average Bonchev–Trinajstić information content (AvgIpc) is 2.51. The molecule has 9 heteroatoms. The van der Waals surface area contributed by atoms with Crippen molar-refractivity contribution in [1.82, 2.24) is 0 Å². The van der Waals surface area contributed by atoms with Crippen molar-refractivity contribution in [2.75, 3.05) is 6.61 Å². The summed E-state index contributed by atoms with van der Waals surface area (Å²) in [6.07, 6.45) is -13.0. The lowest BCUT2D eigenvalue weighted by molar-refractivity contribution is -0.168. The number of hydrogen-bond donors (Lipinski definition) is 4. The van der Waals surface area contributed by atoms with Crippen LogP contribution in [0.5, 0.6) is 0 Å². The number of benzene rings is 1. The van der Waals surface area contributed by atoms with Gasteiger partial charge in [-0.25, -0.2) is 4.79 Å². The number of carbonyl (C=O) groups is 1. The van der Waals surface area contributed by atoms with Crippen LogP contribution in [0.3, 0.4) is 0 Å². The van der Waals surface area contributed by atoms with Gasteiger partial charge in [0, 0.05) is 0 Å². The molecule has 0 aliphatic rings. The third-order valence-corrected chi connectivity index (χ3v) is 3.08. The minimum Gasteiger partial charge on any atom is -0.464 e. The first-order chi connectivity index (χ1) is 10.6. The van der Waals surface area contributed by atoms with E-state index in [2.05, 4.69) is 4.74 Å². The summed E-state index contributed by atoms with van der Waals surface area (Å²) in [5.41, 5.74) is -1.39. The van der Waals surface area contributed by atoms with Gasteiger partial charge < -0.3 is 25.2 Å². The molecule has 0 radical (unpaired) electrons. The highest BCUT2D eigenvalue weighted by Crippen LogP contribution is 2.31. The quantitative estimate of drug-likeness (QED) is 0.559. The van der Waals surface area contributed by atoms with E-state index < -0.39 is 42.1 Å². The maximum Gasteiger partial charge on any atom is 0.416 e. The van der Waals surface area contributed by atoms with Crippen molar-refractivity contribution in [3.05, 3.63) is 35.4 Å². The molecule has 1 rings (SSSR count). The Bertz CT molecular complexity index is 533. The van der Waals surface area contributed by atoms with Gasteiger partial charge in [0.2, 0.25) is 0 Å². The number of aliphatic hydroxyl groups is 4. The molecular weight excluding hydrogens is 321 g/mol. The lowest BCUT2D eigenvalue weighted by Crippen LogP contribution is -2.45. The molecule has 0 fully saturated rings. The summed E-state index contributed by atoms with van der Waals surface area (Å²) in [7, 11) is 0. The van der Waals surface area contributed by atoms with Gasteiger partial charge in [0.25, 0.3) is 0 Å². The van der Waals surface area contributed by atoms with Gasteiger partial charge in [0.05, 0.1) is 12.2 Å². The van der Waals surface area contributed by atoms with Gasteiger partial charge in [0.15, 0.2) is 6.10 Å². The molecule has 0 heterocycles. The Kier molecular flexibility index (Phi) is 6.51. The molecule has 4 atom stereocenters. The zero-order valence-electron chi connectivity index (χ0n) is 12.1. The summed E-state index contributed by atoms with van der Waals surface area (Å²) in [6, 6.07) is 3.48. The highest BCUT2D eigenvalue weighted by Gasteiger charge is 2.37. The molecule has 0 spiro atoms. The van der Waals surface area contributed by atoms with Crippen LogP contribution < -0.4 is 0 Å². The van der Waals surface area contributed by atoms with Gasteiger partial charge in [-0.05, 0) is 24.6 Å². The van der Waals surface area contributed by atoms with Gasteiger partial charge in [-0.3, -0.25) is 0 Å². The van der Waals surface area contributed by atoms with Crippen LogP contribution in [0.2, 0.25) is 0 Å². The molecule has 4 N–H and O–H groups in total. The minimum atomic E-state index is -4.65. The Morgan fingerprint density at radius 1 is 1.17 bits per heavy atom. The first-order valence-corrected chi connectivity index (χ1v) is 6.65. The molecule has 0 bridgehead atoms. The van der Waals surface area contributed by atoms with Gasteiger partial charge in [-0.15, -0.1) is 0 Å². The molecule has 6 nitrogen and oxygen atoms in total. The first-order valence-electron chi connectivity index (χ1n) is 6.65. The summed E-state index contributed by atoms with van der Waals surface area (Å²) in [6.45, 7) is 1.36. The number of ether oxygens (including phenoxy) is 1. The molecule has 130 valence electrons. The van der Waals surface area contributed by atoms with E-state index in [1.165, 1.54) is 6.92 Å². The third kappa shape index (κ3) is 4.90. The molecular formula is C14H17F3O6. The zero-order chi connectivity index (χ0) is 17.8. The second-order valence-electron chi connectivity index (χ2n) is 4.75. The van der Waals surface area contributed by atoms with Crippen molar-refractivity contribution in [3.63, 3.8) is 0 Å². The second kappa shape index (κ2) is 7.73. The minimum absolute atomic E-state index is 0.0884. The van der Waals surface area contributed by atoms with Gasteiger partial charge in [0.1, 0.15) is 18.3 Å². The van der Waals surface area contributed by atoms with E-state index in [1.54, 1.807) is 0 Å². The van der Waals surface area contributed by atoms with Crippen LogP contribution in [0.15, 0.2) is 24.3 Å². The van der Waals surface area contributed by atoms with Crippen molar-refractivity contribution in [2.24, 2.45) is 0 Å². The normalized spacial score (nSPS) is 17.2. The Morgan fingerprint density at radius 3 is 2.30 bits per heavy atom. The predicted octanol–water partition coefficient (Wildman–Crippen LogP) is 0.385. The largest absolute Gasteiger partial charge is 0.464 e. The van der Waals surface area contributed by atoms with E-state index in [1.807, 2.05) is 0 Å². The first kappa shape index (κ1) is 19.4. The summed E-state index contributed by atoms with van der Waals surface area (Å²) >= 11 is 0. The van der Waals surface area contributed by atoms with Crippen LogP contribution in [0.25, 0.3) is 0 Å². The molecule has 1 aromatic rings. The molecule has 0 aromatic heterocycles. The van der Waals surface area contributed by atoms with Crippen LogP contribution in [0, 0.1) is 0 Å². The Labute approximate surface area is 129 Å². The maximum absolute atomic E-state index is 12.6. The van der Waals surface area contributed by atoms with Crippen molar-refractivity contribution in [3.8, 4) is 0 Å². The number of rotatable bonds is 6. The van der Waals surface area contributed by atoms with Gasteiger partial charge >= 0.3 is 12.1 Å². The monoisotopic (exact) mass is 338 g/mol. The van der Waals surface area contributed by atoms with Crippen LogP contribution in [0.4, 0.5) is 13.2 Å². The van der Waals surface area contributed by atoms with Crippen LogP contribution in [-0.4, -0.2) is 51.3 Å². The zero-order valence-corrected chi connectivity index (χ0v) is 12.1. The molecule has 23 heavy (non-hydrogen) atoms. The highest BCUT2D eigenvalue weighted by atomic mass is 19.4. The molecule has 0 unspecified atom stereocenters. The Balaban J connectivity index is 2.91. The van der Waals surface area contributed by atoms with Gasteiger partial charge in [-0.1, -0.05) is 12.1 Å². The number of hydrogen-bond acceptors (Lipinski definition) is 6. The van der Waals surface area contributed by atoms with Crippen LogP contribution in [-0.2, 0) is 15.7 Å². The van der Waals surface area contributed by atoms with E-state index in [4.69, 9.17) is 0 Å². The van der Waals surface area contributed by atoms with E-state index in [0.29, 0.717) is 6.07 Å². The SMILES string of the molecule is CCOC(=O)[C@H](O)[C@@H](O)[C@H](O)[C@@H](O)c1cccc(C(F)(F)F)c1. The van der Waals surface area contributed by atoms with E-state index in [0.717, 1.165) is 18.2 Å². The molecule has 0 aliphatic carbocycles. The number of alkyl halides is 3. The van der Waals surface area contributed by atoms with Crippen LogP contribution in [0.1, 0.15) is 24.2 Å². The smallest absolute Gasteiger partial charge is 0.416 e. The Hall–Kier alpha value is -1.68. The molecule has 1 aromatic carbocycles. The van der Waals surface area contributed by atoms with Gasteiger partial charge in [-0.2, -0.15) is 13.2 Å². The fourth-order valence-corrected chi connectivity index (χ4v) is 1.84. The fraction of sp³-hybridized carbons (Fsp3) is 0.500. The fourth-order valence-electron chi connectivity index (χ4n) is 1.84. The predicted molar refractivity (Wildman–Crippen MR) is 71.1 cm³/mol. The maximum atomic E-state index is 12.6. The number of esters is 1. The lowest BCUT2D eigenvalue weighted by atomic mass is 9.96. The van der Waals surface area contributed by atoms with E-state index in [-0.39, 0.29) is 12.2 Å². The van der Waals surface area contributed by atoms with E-state index in [9.17, 15) is 38.4 Å². The van der Waals surface area contributed by atoms with Crippen LogP contribution >= 0.6 is 0 Å². The average molecular weight is 338 g/mol. The van der Waals surface area contributed by atoms with Crippen molar-refractivity contribution >= 4 is 5.97 Å². The topological polar surface area (TPSA) is 107 Å². The molecule has 0 saturated heterocycles.